The standard InChI is InChI=1S/C17H24NO/c1-4-18(5-2,6-3)14-16-12-13-17(19-16)15-10-8-7-9-11-15/h7-13H,4-6,14H2,1-3H3/q+1. The molecule has 0 bridgehead atoms. The smallest absolute Gasteiger partial charge is 0.159 e. The first kappa shape index (κ1) is 13.9. The minimum absolute atomic E-state index is 0.969. The first-order valence-electron chi connectivity index (χ1n) is 7.22. The molecule has 2 aromatic rings. The summed E-state index contributed by atoms with van der Waals surface area (Å²) in [5, 5.41) is 0. The molecule has 0 spiro atoms. The number of rotatable bonds is 6. The SMILES string of the molecule is CC[N+](CC)(CC)Cc1ccc(-c2ccccc2)o1. The third kappa shape index (κ3) is 3.07. The molecule has 2 nitrogen and oxygen atoms in total. The predicted octanol–water partition coefficient (Wildman–Crippen LogP) is 4.32. The van der Waals surface area contributed by atoms with Gasteiger partial charge >= 0.3 is 0 Å². The van der Waals surface area contributed by atoms with Gasteiger partial charge in [0.1, 0.15) is 12.3 Å². The van der Waals surface area contributed by atoms with Crippen molar-refractivity contribution < 1.29 is 8.90 Å². The first-order chi connectivity index (χ1) is 9.23. The van der Waals surface area contributed by atoms with Crippen molar-refractivity contribution in [3.8, 4) is 11.3 Å². The Labute approximate surface area is 116 Å². The van der Waals surface area contributed by atoms with Gasteiger partial charge in [0.25, 0.3) is 0 Å². The fraction of sp³-hybridized carbons (Fsp3) is 0.412. The number of furan rings is 1. The number of nitrogens with zero attached hydrogens (tertiary/aromatic N) is 1. The molecule has 1 heterocycles. The Morgan fingerprint density at radius 1 is 0.842 bits per heavy atom. The molecule has 1 aromatic carbocycles. The molecule has 0 amide bonds. The van der Waals surface area contributed by atoms with Crippen LogP contribution in [0.3, 0.4) is 0 Å². The van der Waals surface area contributed by atoms with Crippen molar-refractivity contribution >= 4 is 0 Å². The number of hydrogen-bond donors (Lipinski definition) is 0. The molecule has 0 unspecified atom stereocenters. The summed E-state index contributed by atoms with van der Waals surface area (Å²) in [5.74, 6) is 2.06. The van der Waals surface area contributed by atoms with Crippen molar-refractivity contribution in [1.29, 1.82) is 0 Å². The molecule has 0 atom stereocenters. The van der Waals surface area contributed by atoms with E-state index in [1.807, 2.05) is 18.2 Å². The zero-order valence-electron chi connectivity index (χ0n) is 12.2. The van der Waals surface area contributed by atoms with E-state index in [1.165, 1.54) is 0 Å². The Hall–Kier alpha value is -1.54. The molecule has 2 heteroatoms. The van der Waals surface area contributed by atoms with Crippen LogP contribution in [0.5, 0.6) is 0 Å². The van der Waals surface area contributed by atoms with Gasteiger partial charge in [-0.05, 0) is 32.9 Å². The molecule has 0 saturated heterocycles. The van der Waals surface area contributed by atoms with E-state index < -0.39 is 0 Å². The van der Waals surface area contributed by atoms with E-state index in [0.717, 1.165) is 47.7 Å². The monoisotopic (exact) mass is 258 g/mol. The van der Waals surface area contributed by atoms with Gasteiger partial charge in [-0.1, -0.05) is 30.3 Å². The molecule has 0 fully saturated rings. The highest BCUT2D eigenvalue weighted by Gasteiger charge is 2.23. The summed E-state index contributed by atoms with van der Waals surface area (Å²) >= 11 is 0. The van der Waals surface area contributed by atoms with Crippen LogP contribution in [0.25, 0.3) is 11.3 Å². The summed E-state index contributed by atoms with van der Waals surface area (Å²) in [4.78, 5) is 0. The lowest BCUT2D eigenvalue weighted by Gasteiger charge is -2.34. The van der Waals surface area contributed by atoms with Crippen LogP contribution >= 0.6 is 0 Å². The van der Waals surface area contributed by atoms with Crippen LogP contribution in [-0.2, 0) is 6.54 Å². The van der Waals surface area contributed by atoms with Crippen molar-refractivity contribution in [2.45, 2.75) is 27.3 Å². The minimum atomic E-state index is 0.969. The summed E-state index contributed by atoms with van der Waals surface area (Å²) in [7, 11) is 0. The Morgan fingerprint density at radius 3 is 2.05 bits per heavy atom. The van der Waals surface area contributed by atoms with Gasteiger partial charge in [-0.25, -0.2) is 0 Å². The van der Waals surface area contributed by atoms with Gasteiger partial charge in [0.2, 0.25) is 0 Å². The van der Waals surface area contributed by atoms with Crippen LogP contribution in [0.4, 0.5) is 0 Å². The Balaban J connectivity index is 2.18. The molecular weight excluding hydrogens is 234 g/mol. The summed E-state index contributed by atoms with van der Waals surface area (Å²) in [6, 6.07) is 14.5. The fourth-order valence-corrected chi connectivity index (χ4v) is 2.56. The van der Waals surface area contributed by atoms with Crippen molar-refractivity contribution in [3.05, 3.63) is 48.2 Å². The van der Waals surface area contributed by atoms with Gasteiger partial charge in [-0.3, -0.25) is 0 Å². The molecule has 0 aliphatic carbocycles. The molecule has 1 aromatic heterocycles. The van der Waals surface area contributed by atoms with Crippen LogP contribution in [-0.4, -0.2) is 24.1 Å². The van der Waals surface area contributed by atoms with E-state index >= 15 is 0 Å². The highest BCUT2D eigenvalue weighted by molar-refractivity contribution is 5.57. The van der Waals surface area contributed by atoms with Crippen molar-refractivity contribution in [1.82, 2.24) is 0 Å². The molecule has 0 N–H and O–H groups in total. The molecule has 0 radical (unpaired) electrons. The second-order valence-corrected chi connectivity index (χ2v) is 5.08. The van der Waals surface area contributed by atoms with Crippen LogP contribution < -0.4 is 0 Å². The van der Waals surface area contributed by atoms with E-state index in [2.05, 4.69) is 45.0 Å². The second kappa shape index (κ2) is 6.07. The topological polar surface area (TPSA) is 13.1 Å². The summed E-state index contributed by atoms with van der Waals surface area (Å²) in [5.41, 5.74) is 1.15. The van der Waals surface area contributed by atoms with Crippen molar-refractivity contribution in [2.24, 2.45) is 0 Å². The Morgan fingerprint density at radius 2 is 1.47 bits per heavy atom. The van der Waals surface area contributed by atoms with Gasteiger partial charge in [-0.2, -0.15) is 0 Å². The Bertz CT molecular complexity index is 489. The summed E-state index contributed by atoms with van der Waals surface area (Å²) in [6.45, 7) is 11.2. The minimum Gasteiger partial charge on any atom is -0.455 e. The van der Waals surface area contributed by atoms with Gasteiger partial charge < -0.3 is 8.90 Å². The molecule has 0 saturated carbocycles. The van der Waals surface area contributed by atoms with E-state index in [0.29, 0.717) is 0 Å². The molecule has 19 heavy (non-hydrogen) atoms. The zero-order valence-corrected chi connectivity index (χ0v) is 12.2. The van der Waals surface area contributed by atoms with Gasteiger partial charge in [0.15, 0.2) is 5.76 Å². The molecular formula is C17H24NO+. The number of hydrogen-bond acceptors (Lipinski definition) is 1. The highest BCUT2D eigenvalue weighted by Crippen LogP contribution is 2.24. The molecule has 0 aliphatic heterocycles. The highest BCUT2D eigenvalue weighted by atomic mass is 16.3. The maximum absolute atomic E-state index is 6.02. The maximum Gasteiger partial charge on any atom is 0.159 e. The van der Waals surface area contributed by atoms with E-state index in [1.54, 1.807) is 0 Å². The normalized spacial score (nSPS) is 11.7. The predicted molar refractivity (Wildman–Crippen MR) is 79.7 cm³/mol. The average Bonchev–Trinajstić information content (AvgIpc) is 2.94. The van der Waals surface area contributed by atoms with Gasteiger partial charge in [-0.15, -0.1) is 0 Å². The van der Waals surface area contributed by atoms with Gasteiger partial charge in [0.05, 0.1) is 19.6 Å². The van der Waals surface area contributed by atoms with Crippen molar-refractivity contribution in [3.63, 3.8) is 0 Å². The van der Waals surface area contributed by atoms with Crippen LogP contribution in [0, 0.1) is 0 Å². The zero-order chi connectivity index (χ0) is 13.7. The largest absolute Gasteiger partial charge is 0.455 e. The maximum atomic E-state index is 6.02. The second-order valence-electron chi connectivity index (χ2n) is 5.08. The lowest BCUT2D eigenvalue weighted by atomic mass is 10.2. The fourth-order valence-electron chi connectivity index (χ4n) is 2.56. The lowest BCUT2D eigenvalue weighted by Crippen LogP contribution is -2.46. The van der Waals surface area contributed by atoms with Crippen LogP contribution in [0.1, 0.15) is 26.5 Å². The van der Waals surface area contributed by atoms with Crippen LogP contribution in [0.15, 0.2) is 46.9 Å². The number of quaternary nitrogens is 1. The van der Waals surface area contributed by atoms with E-state index in [4.69, 9.17) is 4.42 Å². The molecule has 2 rings (SSSR count). The van der Waals surface area contributed by atoms with Crippen molar-refractivity contribution in [2.75, 3.05) is 19.6 Å². The average molecular weight is 258 g/mol. The quantitative estimate of drug-likeness (QED) is 0.703. The molecule has 0 aliphatic rings. The van der Waals surface area contributed by atoms with Gasteiger partial charge in [0, 0.05) is 5.56 Å². The summed E-state index contributed by atoms with van der Waals surface area (Å²) in [6.07, 6.45) is 0. The third-order valence-corrected chi connectivity index (χ3v) is 4.22. The molecule has 102 valence electrons. The van der Waals surface area contributed by atoms with E-state index in [9.17, 15) is 0 Å². The first-order valence-corrected chi connectivity index (χ1v) is 7.22. The third-order valence-electron chi connectivity index (χ3n) is 4.22. The Kier molecular flexibility index (Phi) is 4.43. The van der Waals surface area contributed by atoms with Crippen LogP contribution in [0.2, 0.25) is 0 Å². The number of benzene rings is 1. The van der Waals surface area contributed by atoms with E-state index in [-0.39, 0.29) is 0 Å². The summed E-state index contributed by atoms with van der Waals surface area (Å²) < 4.78 is 7.10. The lowest BCUT2D eigenvalue weighted by molar-refractivity contribution is -0.936.